The number of ketones is 1. The van der Waals surface area contributed by atoms with Crippen molar-refractivity contribution in [3.05, 3.63) is 95.7 Å². The maximum absolute atomic E-state index is 13.2. The molecule has 0 aliphatic carbocycles. The molecule has 3 heterocycles. The third kappa shape index (κ3) is 3.84. The van der Waals surface area contributed by atoms with Crippen molar-refractivity contribution in [3.63, 3.8) is 0 Å². The van der Waals surface area contributed by atoms with Crippen molar-refractivity contribution in [2.45, 2.75) is 6.42 Å². The number of carbonyl (C=O) groups excluding carboxylic acids is 2. The molecule has 0 aliphatic rings. The van der Waals surface area contributed by atoms with E-state index in [4.69, 9.17) is 0 Å². The summed E-state index contributed by atoms with van der Waals surface area (Å²) in [6.45, 7) is 0. The van der Waals surface area contributed by atoms with E-state index in [1.807, 2.05) is 0 Å². The van der Waals surface area contributed by atoms with Crippen LogP contribution in [0.5, 0.6) is 5.75 Å². The predicted molar refractivity (Wildman–Crippen MR) is 105 cm³/mol. The number of nitrogens with zero attached hydrogens (tertiary/aromatic N) is 2. The highest BCUT2D eigenvalue weighted by molar-refractivity contribution is 6.47. The molecule has 2 N–H and O–H groups in total. The van der Waals surface area contributed by atoms with Gasteiger partial charge in [-0.05, 0) is 42.0 Å². The van der Waals surface area contributed by atoms with Gasteiger partial charge in [-0.15, -0.1) is 0 Å². The summed E-state index contributed by atoms with van der Waals surface area (Å²) in [4.78, 5) is 29.2. The Hall–Kier alpha value is -4.00. The number of hydrogen-bond donors (Lipinski definition) is 2. The normalized spacial score (nSPS) is 10.8. The number of carbonyl (C=O) groups is 2. The first kappa shape index (κ1) is 18.4. The number of fused-ring (bicyclic) bond motifs is 1. The molecular weight excluding hydrogens is 373 g/mol. The van der Waals surface area contributed by atoms with Crippen LogP contribution in [0.15, 0.2) is 73.1 Å². The Bertz CT molecular complexity index is 1200. The maximum atomic E-state index is 13.2. The van der Waals surface area contributed by atoms with Crippen molar-refractivity contribution >= 4 is 23.0 Å². The fraction of sp³-hybridized carbons (Fsp3) is 0.0455. The van der Waals surface area contributed by atoms with Gasteiger partial charge < -0.3 is 14.8 Å². The van der Waals surface area contributed by atoms with Crippen molar-refractivity contribution < 1.29 is 19.1 Å². The van der Waals surface area contributed by atoms with Gasteiger partial charge >= 0.3 is 0 Å². The van der Waals surface area contributed by atoms with Crippen molar-refractivity contribution in [3.8, 4) is 5.75 Å². The van der Waals surface area contributed by atoms with Gasteiger partial charge in [-0.1, -0.05) is 18.2 Å². The zero-order valence-corrected chi connectivity index (χ0v) is 15.2. The number of benzene rings is 1. The lowest BCUT2D eigenvalue weighted by molar-refractivity contribution is -0.112. The number of rotatable bonds is 5. The Morgan fingerprint density at radius 3 is 2.59 bits per heavy atom. The van der Waals surface area contributed by atoms with Gasteiger partial charge in [0.1, 0.15) is 17.4 Å². The summed E-state index contributed by atoms with van der Waals surface area (Å²) in [6, 6.07) is 15.5. The quantitative estimate of drug-likeness (QED) is 0.404. The summed E-state index contributed by atoms with van der Waals surface area (Å²) < 4.78 is 14.9. The van der Waals surface area contributed by atoms with Crippen LogP contribution in [0.3, 0.4) is 0 Å². The van der Waals surface area contributed by atoms with E-state index in [0.29, 0.717) is 11.9 Å². The molecule has 0 bridgehead atoms. The van der Waals surface area contributed by atoms with E-state index in [9.17, 15) is 19.1 Å². The number of Topliss-reactive ketones (excluding diaryl/α,β-unsaturated/α-hetero) is 1. The van der Waals surface area contributed by atoms with E-state index >= 15 is 0 Å². The van der Waals surface area contributed by atoms with Gasteiger partial charge in [0.05, 0.1) is 11.1 Å². The highest BCUT2D eigenvalue weighted by Crippen LogP contribution is 2.24. The van der Waals surface area contributed by atoms with E-state index in [2.05, 4.69) is 10.3 Å². The summed E-state index contributed by atoms with van der Waals surface area (Å²) in [6.07, 6.45) is 3.55. The molecule has 0 saturated heterocycles. The Balaban J connectivity index is 1.70. The highest BCUT2D eigenvalue weighted by Gasteiger charge is 2.22. The number of hydrogen-bond acceptors (Lipinski definition) is 4. The first-order valence-corrected chi connectivity index (χ1v) is 8.85. The van der Waals surface area contributed by atoms with Gasteiger partial charge in [0, 0.05) is 30.6 Å². The van der Waals surface area contributed by atoms with Crippen LogP contribution in [0, 0.1) is 5.82 Å². The molecule has 0 spiro atoms. The van der Waals surface area contributed by atoms with Crippen molar-refractivity contribution in [2.24, 2.45) is 0 Å². The van der Waals surface area contributed by atoms with E-state index in [-0.39, 0.29) is 22.9 Å². The molecule has 0 fully saturated rings. The van der Waals surface area contributed by atoms with E-state index in [0.717, 1.165) is 11.3 Å². The van der Waals surface area contributed by atoms with Gasteiger partial charge in [-0.3, -0.25) is 9.59 Å². The fourth-order valence-corrected chi connectivity index (χ4v) is 3.12. The van der Waals surface area contributed by atoms with Gasteiger partial charge in [0.2, 0.25) is 0 Å². The number of amides is 1. The summed E-state index contributed by atoms with van der Waals surface area (Å²) in [5.74, 6) is -1.66. The van der Waals surface area contributed by atoms with E-state index in [1.165, 1.54) is 30.5 Å². The molecule has 0 saturated carbocycles. The monoisotopic (exact) mass is 389 g/mol. The van der Waals surface area contributed by atoms with Crippen LogP contribution in [0.25, 0.3) is 5.52 Å². The second-order valence-electron chi connectivity index (χ2n) is 6.49. The molecule has 144 valence electrons. The van der Waals surface area contributed by atoms with Gasteiger partial charge in [0.15, 0.2) is 0 Å². The number of aromatic nitrogens is 2. The SMILES string of the molecule is O=C(Nc1ccccn1)C(=O)c1cc(Cc2ccc(F)cc2)n2ccc(O)cc12. The van der Waals surface area contributed by atoms with Gasteiger partial charge in [-0.2, -0.15) is 0 Å². The molecule has 7 heteroatoms. The summed E-state index contributed by atoms with van der Waals surface area (Å²) in [7, 11) is 0. The summed E-state index contributed by atoms with van der Waals surface area (Å²) in [5, 5.41) is 12.3. The fourth-order valence-electron chi connectivity index (χ4n) is 3.12. The van der Waals surface area contributed by atoms with Crippen molar-refractivity contribution in [1.29, 1.82) is 0 Å². The van der Waals surface area contributed by atoms with Crippen LogP contribution < -0.4 is 5.32 Å². The second kappa shape index (κ2) is 7.55. The second-order valence-corrected chi connectivity index (χ2v) is 6.49. The summed E-state index contributed by atoms with van der Waals surface area (Å²) in [5.41, 5.74) is 2.13. The van der Waals surface area contributed by atoms with Crippen LogP contribution in [-0.2, 0) is 11.2 Å². The molecule has 0 unspecified atom stereocenters. The molecule has 0 atom stereocenters. The Morgan fingerprint density at radius 2 is 1.86 bits per heavy atom. The molecule has 29 heavy (non-hydrogen) atoms. The standard InChI is InChI=1S/C22H16FN3O3/c23-15-6-4-14(5-7-15)11-16-12-18(19-13-17(27)8-10-26(16)19)21(28)22(29)25-20-3-1-2-9-24-20/h1-10,12-13,27H,11H2,(H,24,25,29). The third-order valence-corrected chi connectivity index (χ3v) is 4.49. The minimum Gasteiger partial charge on any atom is -0.508 e. The van der Waals surface area contributed by atoms with Crippen LogP contribution >= 0.6 is 0 Å². The smallest absolute Gasteiger partial charge is 0.298 e. The molecule has 4 aromatic rings. The van der Waals surface area contributed by atoms with Crippen LogP contribution in [0.4, 0.5) is 10.2 Å². The Kier molecular flexibility index (Phi) is 4.78. The van der Waals surface area contributed by atoms with Crippen LogP contribution in [-0.4, -0.2) is 26.2 Å². The molecule has 0 aliphatic heterocycles. The van der Waals surface area contributed by atoms with E-state index < -0.39 is 11.7 Å². The van der Waals surface area contributed by atoms with Gasteiger partial charge in [-0.25, -0.2) is 9.37 Å². The molecule has 4 rings (SSSR count). The summed E-state index contributed by atoms with van der Waals surface area (Å²) >= 11 is 0. The first-order valence-electron chi connectivity index (χ1n) is 8.85. The molecule has 1 aromatic carbocycles. The van der Waals surface area contributed by atoms with E-state index in [1.54, 1.807) is 47.0 Å². The van der Waals surface area contributed by atoms with Gasteiger partial charge in [0.25, 0.3) is 11.7 Å². The average molecular weight is 389 g/mol. The predicted octanol–water partition coefficient (Wildman–Crippen LogP) is 3.59. The largest absolute Gasteiger partial charge is 0.508 e. The lowest BCUT2D eigenvalue weighted by atomic mass is 10.1. The Morgan fingerprint density at radius 1 is 1.07 bits per heavy atom. The average Bonchev–Trinajstić information content (AvgIpc) is 3.07. The van der Waals surface area contributed by atoms with Crippen LogP contribution in [0.2, 0.25) is 0 Å². The number of anilines is 1. The third-order valence-electron chi connectivity index (χ3n) is 4.49. The van der Waals surface area contributed by atoms with Crippen molar-refractivity contribution in [2.75, 3.05) is 5.32 Å². The zero-order valence-electron chi connectivity index (χ0n) is 15.2. The highest BCUT2D eigenvalue weighted by atomic mass is 19.1. The molecule has 3 aromatic heterocycles. The minimum atomic E-state index is -0.826. The number of nitrogens with one attached hydrogen (secondary N) is 1. The van der Waals surface area contributed by atoms with Crippen molar-refractivity contribution in [1.82, 2.24) is 9.38 Å². The number of pyridine rings is 2. The molecule has 1 amide bonds. The zero-order chi connectivity index (χ0) is 20.4. The first-order chi connectivity index (χ1) is 14.0. The lowest BCUT2D eigenvalue weighted by Gasteiger charge is -2.04. The number of halogens is 1. The maximum Gasteiger partial charge on any atom is 0.298 e. The topological polar surface area (TPSA) is 83.7 Å². The minimum absolute atomic E-state index is 0.0249. The van der Waals surface area contributed by atoms with Crippen LogP contribution in [0.1, 0.15) is 21.6 Å². The lowest BCUT2D eigenvalue weighted by Crippen LogP contribution is -2.23. The Labute approximate surface area is 165 Å². The number of aromatic hydroxyl groups is 1. The molecule has 6 nitrogen and oxygen atoms in total. The molecular formula is C22H16FN3O3. The molecule has 0 radical (unpaired) electrons.